The predicted molar refractivity (Wildman–Crippen MR) is 63.2 cm³/mol. The Hall–Kier alpha value is -1.83. The molecular weight excluding hydrogens is 200 g/mol. The third kappa shape index (κ3) is 1.30. The monoisotopic (exact) mass is 212 g/mol. The van der Waals surface area contributed by atoms with E-state index in [1.54, 1.807) is 0 Å². The van der Waals surface area contributed by atoms with Crippen LogP contribution < -0.4 is 4.74 Å². The normalized spacial score (nSPS) is 14.2. The second-order valence-electron chi connectivity index (χ2n) is 4.07. The van der Waals surface area contributed by atoms with E-state index in [-0.39, 0.29) is 0 Å². The van der Waals surface area contributed by atoms with Gasteiger partial charge < -0.3 is 4.74 Å². The van der Waals surface area contributed by atoms with Gasteiger partial charge in [-0.3, -0.25) is 4.79 Å². The average Bonchev–Trinajstić information content (AvgIpc) is 2.38. The van der Waals surface area contributed by atoms with Crippen molar-refractivity contribution in [3.8, 4) is 5.75 Å². The summed E-state index contributed by atoms with van der Waals surface area (Å²) in [6, 6.07) is 9.88. The average molecular weight is 212 g/mol. The molecule has 2 aromatic rings. The standard InChI is InChI=1S/C14H12O2/c15-9-11-8-10-4-3-7-16-14(10)13-6-2-1-5-12(11)13/h1-2,5-6,8-9H,3-4,7H2. The maximum atomic E-state index is 11.1. The minimum Gasteiger partial charge on any atom is -0.493 e. The Morgan fingerprint density at radius 2 is 2.00 bits per heavy atom. The zero-order valence-electron chi connectivity index (χ0n) is 8.90. The molecule has 2 aromatic carbocycles. The summed E-state index contributed by atoms with van der Waals surface area (Å²) < 4.78 is 5.72. The van der Waals surface area contributed by atoms with E-state index in [4.69, 9.17) is 4.74 Å². The highest BCUT2D eigenvalue weighted by Crippen LogP contribution is 2.35. The van der Waals surface area contributed by atoms with Crippen LogP contribution >= 0.6 is 0 Å². The smallest absolute Gasteiger partial charge is 0.150 e. The number of aryl methyl sites for hydroxylation is 1. The van der Waals surface area contributed by atoms with Crippen LogP contribution in [0.2, 0.25) is 0 Å². The van der Waals surface area contributed by atoms with Crippen LogP contribution in [0, 0.1) is 0 Å². The van der Waals surface area contributed by atoms with Gasteiger partial charge in [0.1, 0.15) is 5.75 Å². The number of hydrogen-bond acceptors (Lipinski definition) is 2. The number of ether oxygens (including phenoxy) is 1. The zero-order valence-corrected chi connectivity index (χ0v) is 8.90. The first-order valence-electron chi connectivity index (χ1n) is 5.53. The number of fused-ring (bicyclic) bond motifs is 3. The van der Waals surface area contributed by atoms with Gasteiger partial charge in [-0.2, -0.15) is 0 Å². The highest BCUT2D eigenvalue weighted by molar-refractivity contribution is 6.01. The highest BCUT2D eigenvalue weighted by atomic mass is 16.5. The Labute approximate surface area is 93.8 Å². The van der Waals surface area contributed by atoms with E-state index in [0.717, 1.165) is 53.4 Å². The molecular formula is C14H12O2. The van der Waals surface area contributed by atoms with Gasteiger partial charge in [0.2, 0.25) is 0 Å². The molecule has 0 aliphatic carbocycles. The van der Waals surface area contributed by atoms with Crippen LogP contribution in [-0.2, 0) is 6.42 Å². The Balaban J connectivity index is 2.40. The molecule has 3 rings (SSSR count). The van der Waals surface area contributed by atoms with Gasteiger partial charge in [0.25, 0.3) is 0 Å². The first-order chi connectivity index (χ1) is 7.90. The van der Waals surface area contributed by atoms with Crippen molar-refractivity contribution >= 4 is 17.1 Å². The third-order valence-corrected chi connectivity index (χ3v) is 3.07. The first-order valence-corrected chi connectivity index (χ1v) is 5.53. The van der Waals surface area contributed by atoms with Gasteiger partial charge >= 0.3 is 0 Å². The fourth-order valence-electron chi connectivity index (χ4n) is 2.33. The summed E-state index contributed by atoms with van der Waals surface area (Å²) in [6.07, 6.45) is 2.96. The van der Waals surface area contributed by atoms with Crippen molar-refractivity contribution in [1.82, 2.24) is 0 Å². The zero-order chi connectivity index (χ0) is 11.0. The molecule has 2 nitrogen and oxygen atoms in total. The largest absolute Gasteiger partial charge is 0.493 e. The minimum absolute atomic E-state index is 0.764. The summed E-state index contributed by atoms with van der Waals surface area (Å²) in [4.78, 5) is 11.1. The molecule has 0 spiro atoms. The summed E-state index contributed by atoms with van der Waals surface area (Å²) in [7, 11) is 0. The van der Waals surface area contributed by atoms with Crippen LogP contribution in [0.5, 0.6) is 5.75 Å². The molecule has 2 heteroatoms. The lowest BCUT2D eigenvalue weighted by atomic mass is 9.96. The van der Waals surface area contributed by atoms with Crippen molar-refractivity contribution in [2.45, 2.75) is 12.8 Å². The lowest BCUT2D eigenvalue weighted by Gasteiger charge is -2.20. The van der Waals surface area contributed by atoms with E-state index in [1.165, 1.54) is 0 Å². The fourth-order valence-corrected chi connectivity index (χ4v) is 2.33. The number of carbonyl (C=O) groups excluding carboxylic acids is 1. The molecule has 0 unspecified atom stereocenters. The maximum Gasteiger partial charge on any atom is 0.150 e. The summed E-state index contributed by atoms with van der Waals surface area (Å²) in [5.41, 5.74) is 1.92. The molecule has 0 saturated heterocycles. The van der Waals surface area contributed by atoms with Crippen LogP contribution in [0.3, 0.4) is 0 Å². The molecule has 0 fully saturated rings. The quantitative estimate of drug-likeness (QED) is 0.679. The van der Waals surface area contributed by atoms with Crippen LogP contribution in [0.15, 0.2) is 30.3 Å². The molecule has 0 radical (unpaired) electrons. The van der Waals surface area contributed by atoms with Crippen molar-refractivity contribution < 1.29 is 9.53 Å². The first kappa shape index (κ1) is 9.40. The van der Waals surface area contributed by atoms with Gasteiger partial charge in [-0.05, 0) is 29.9 Å². The van der Waals surface area contributed by atoms with Crippen LogP contribution in [0.1, 0.15) is 22.3 Å². The lowest BCUT2D eigenvalue weighted by Crippen LogP contribution is -2.09. The van der Waals surface area contributed by atoms with Gasteiger partial charge in [0.15, 0.2) is 6.29 Å². The second-order valence-corrected chi connectivity index (χ2v) is 4.07. The number of carbonyl (C=O) groups is 1. The topological polar surface area (TPSA) is 26.3 Å². The summed E-state index contributed by atoms with van der Waals surface area (Å²) in [5, 5.41) is 2.04. The van der Waals surface area contributed by atoms with Crippen molar-refractivity contribution in [2.24, 2.45) is 0 Å². The van der Waals surface area contributed by atoms with E-state index in [9.17, 15) is 4.79 Å². The number of benzene rings is 2. The molecule has 0 amide bonds. The Morgan fingerprint density at radius 1 is 1.19 bits per heavy atom. The molecule has 16 heavy (non-hydrogen) atoms. The molecule has 0 saturated carbocycles. The summed E-state index contributed by atoms with van der Waals surface area (Å²) >= 11 is 0. The minimum atomic E-state index is 0.764. The van der Waals surface area contributed by atoms with E-state index in [1.807, 2.05) is 30.3 Å². The summed E-state index contributed by atoms with van der Waals surface area (Å²) in [6.45, 7) is 0.775. The second kappa shape index (κ2) is 3.63. The Morgan fingerprint density at radius 3 is 2.81 bits per heavy atom. The van der Waals surface area contributed by atoms with Crippen LogP contribution in [0.4, 0.5) is 0 Å². The van der Waals surface area contributed by atoms with Gasteiger partial charge in [-0.15, -0.1) is 0 Å². The van der Waals surface area contributed by atoms with Crippen molar-refractivity contribution in [2.75, 3.05) is 6.61 Å². The number of rotatable bonds is 1. The number of hydrogen-bond donors (Lipinski definition) is 0. The van der Waals surface area contributed by atoms with Crippen molar-refractivity contribution in [3.05, 3.63) is 41.5 Å². The third-order valence-electron chi connectivity index (χ3n) is 3.07. The summed E-state index contributed by atoms with van der Waals surface area (Å²) in [5.74, 6) is 0.965. The van der Waals surface area contributed by atoms with E-state index in [0.29, 0.717) is 0 Å². The Bertz CT molecular complexity index is 558. The molecule has 0 aromatic heterocycles. The van der Waals surface area contributed by atoms with E-state index >= 15 is 0 Å². The van der Waals surface area contributed by atoms with Gasteiger partial charge in [0, 0.05) is 10.9 Å². The van der Waals surface area contributed by atoms with Crippen LogP contribution in [0.25, 0.3) is 10.8 Å². The molecule has 1 aliphatic rings. The molecule has 80 valence electrons. The molecule has 0 N–H and O–H groups in total. The highest BCUT2D eigenvalue weighted by Gasteiger charge is 2.15. The molecule has 0 atom stereocenters. The fraction of sp³-hybridized carbons (Fsp3) is 0.214. The van der Waals surface area contributed by atoms with E-state index < -0.39 is 0 Å². The van der Waals surface area contributed by atoms with Crippen LogP contribution in [-0.4, -0.2) is 12.9 Å². The molecule has 1 heterocycles. The maximum absolute atomic E-state index is 11.1. The lowest BCUT2D eigenvalue weighted by molar-refractivity contribution is 0.112. The Kier molecular flexibility index (Phi) is 2.13. The van der Waals surface area contributed by atoms with Crippen molar-refractivity contribution in [1.29, 1.82) is 0 Å². The number of aldehydes is 1. The van der Waals surface area contributed by atoms with E-state index in [2.05, 4.69) is 0 Å². The SMILES string of the molecule is O=Cc1cc2c(c3ccccc13)OCCC2. The molecule has 1 aliphatic heterocycles. The van der Waals surface area contributed by atoms with Gasteiger partial charge in [0.05, 0.1) is 6.61 Å². The van der Waals surface area contributed by atoms with Gasteiger partial charge in [-0.1, -0.05) is 24.3 Å². The van der Waals surface area contributed by atoms with Crippen molar-refractivity contribution in [3.63, 3.8) is 0 Å². The predicted octanol–water partition coefficient (Wildman–Crippen LogP) is 2.98. The molecule has 0 bridgehead atoms. The van der Waals surface area contributed by atoms with Gasteiger partial charge in [-0.25, -0.2) is 0 Å².